The summed E-state index contributed by atoms with van der Waals surface area (Å²) in [7, 11) is 0. The van der Waals surface area contributed by atoms with Crippen LogP contribution in [0.15, 0.2) is 24.3 Å². The van der Waals surface area contributed by atoms with Gasteiger partial charge in [-0.1, -0.05) is 32.0 Å². The van der Waals surface area contributed by atoms with E-state index in [0.29, 0.717) is 12.3 Å². The van der Waals surface area contributed by atoms with E-state index in [-0.39, 0.29) is 42.3 Å². The summed E-state index contributed by atoms with van der Waals surface area (Å²) >= 11 is 0. The lowest BCUT2D eigenvalue weighted by Crippen LogP contribution is -2.54. The van der Waals surface area contributed by atoms with Gasteiger partial charge in [-0.05, 0) is 24.8 Å². The summed E-state index contributed by atoms with van der Waals surface area (Å²) in [4.78, 5) is 41.4. The van der Waals surface area contributed by atoms with Crippen molar-refractivity contribution in [1.82, 2.24) is 10.2 Å². The number of rotatable bonds is 3. The predicted octanol–water partition coefficient (Wildman–Crippen LogP) is 1.24. The molecule has 5 rings (SSSR count). The number of ether oxygens (including phenoxy) is 1. The highest BCUT2D eigenvalue weighted by atomic mass is 16.5. The van der Waals surface area contributed by atoms with E-state index in [1.165, 1.54) is 4.90 Å². The fraction of sp³-hybridized carbons (Fsp3) is 0.571. The fourth-order valence-electron chi connectivity index (χ4n) is 5.50. The minimum Gasteiger partial charge on any atom is -0.376 e. The predicted molar refractivity (Wildman–Crippen MR) is 101 cm³/mol. The number of carbonyl (C=O) groups excluding carboxylic acids is 3. The van der Waals surface area contributed by atoms with E-state index in [1.807, 2.05) is 38.1 Å². The molecule has 4 aliphatic heterocycles. The molecule has 0 unspecified atom stereocenters. The van der Waals surface area contributed by atoms with Gasteiger partial charge in [0.05, 0.1) is 24.5 Å². The lowest BCUT2D eigenvalue weighted by Gasteiger charge is -2.30. The number of carbonyl (C=O) groups is 3. The molecule has 1 aromatic rings. The summed E-state index contributed by atoms with van der Waals surface area (Å²) in [6.45, 7) is 5.00. The summed E-state index contributed by atoms with van der Waals surface area (Å²) in [6, 6.07) is 7.20. The van der Waals surface area contributed by atoms with Gasteiger partial charge in [0, 0.05) is 23.9 Å². The number of hydrogen-bond acceptors (Lipinski definition) is 5. The summed E-state index contributed by atoms with van der Waals surface area (Å²) < 4.78 is 5.66. The lowest BCUT2D eigenvalue weighted by atomic mass is 9.76. The van der Waals surface area contributed by atoms with Crippen molar-refractivity contribution in [2.75, 3.05) is 18.5 Å². The Morgan fingerprint density at radius 3 is 2.71 bits per heavy atom. The van der Waals surface area contributed by atoms with Gasteiger partial charge in [0.15, 0.2) is 0 Å². The highest BCUT2D eigenvalue weighted by molar-refractivity contribution is 6.15. The van der Waals surface area contributed by atoms with Crippen molar-refractivity contribution in [2.45, 2.75) is 44.4 Å². The van der Waals surface area contributed by atoms with Crippen molar-refractivity contribution in [1.29, 1.82) is 0 Å². The Bertz CT molecular complexity index is 863. The van der Waals surface area contributed by atoms with Crippen LogP contribution in [-0.4, -0.2) is 47.9 Å². The molecule has 1 spiro atoms. The largest absolute Gasteiger partial charge is 0.376 e. The molecule has 0 aliphatic carbocycles. The molecule has 0 radical (unpaired) electrons. The number of hydrogen-bond donors (Lipinski definition) is 2. The van der Waals surface area contributed by atoms with Gasteiger partial charge in [-0.15, -0.1) is 0 Å². The van der Waals surface area contributed by atoms with Crippen molar-refractivity contribution in [3.05, 3.63) is 29.8 Å². The van der Waals surface area contributed by atoms with E-state index < -0.39 is 17.4 Å². The van der Waals surface area contributed by atoms with Crippen LogP contribution in [-0.2, 0) is 24.7 Å². The molecule has 1 aromatic carbocycles. The van der Waals surface area contributed by atoms with Crippen LogP contribution in [0.5, 0.6) is 0 Å². The molecular formula is C21H25N3O4. The number of benzene rings is 1. The summed E-state index contributed by atoms with van der Waals surface area (Å²) in [5, 5.41) is 6.35. The van der Waals surface area contributed by atoms with E-state index >= 15 is 0 Å². The molecule has 3 fully saturated rings. The maximum absolute atomic E-state index is 13.5. The first-order valence-electron chi connectivity index (χ1n) is 10.1. The molecule has 4 heterocycles. The van der Waals surface area contributed by atoms with Crippen molar-refractivity contribution >= 4 is 23.4 Å². The third kappa shape index (κ3) is 2.20. The summed E-state index contributed by atoms with van der Waals surface area (Å²) in [5.74, 6) is -1.83. The zero-order valence-electron chi connectivity index (χ0n) is 16.1. The van der Waals surface area contributed by atoms with Gasteiger partial charge in [0.1, 0.15) is 5.54 Å². The molecule has 0 saturated carbocycles. The molecule has 3 amide bonds. The zero-order chi connectivity index (χ0) is 19.6. The van der Waals surface area contributed by atoms with Crippen molar-refractivity contribution in [3.63, 3.8) is 0 Å². The van der Waals surface area contributed by atoms with E-state index in [4.69, 9.17) is 4.74 Å². The number of imide groups is 1. The molecule has 5 atom stereocenters. The van der Waals surface area contributed by atoms with Crippen LogP contribution in [0.3, 0.4) is 0 Å². The standard InChI is InChI=1S/C21H25N3O4/c1-11(2)17-15-16(19(26)24(18(15)25)10-12-6-5-9-28-12)21(23-17)13-7-3-4-8-14(13)22-20(21)27/h3-4,7-8,11-12,15-17,23H,5-6,9-10H2,1-2H3,(H,22,27)/t12-,15-,16-,17+,21-/m1/s1. The molecule has 148 valence electrons. The average Bonchev–Trinajstić information content (AvgIpc) is 3.41. The summed E-state index contributed by atoms with van der Waals surface area (Å²) in [5.41, 5.74) is 0.285. The van der Waals surface area contributed by atoms with Gasteiger partial charge >= 0.3 is 0 Å². The third-order valence-corrected chi connectivity index (χ3v) is 6.78. The number of likely N-dealkylation sites (tertiary alicyclic amines) is 1. The van der Waals surface area contributed by atoms with Gasteiger partial charge in [-0.3, -0.25) is 24.6 Å². The topological polar surface area (TPSA) is 87.7 Å². The number of amides is 3. The van der Waals surface area contributed by atoms with Gasteiger partial charge in [-0.2, -0.15) is 0 Å². The van der Waals surface area contributed by atoms with Crippen LogP contribution < -0.4 is 10.6 Å². The second kappa shape index (κ2) is 6.12. The Morgan fingerprint density at radius 1 is 1.21 bits per heavy atom. The Balaban J connectivity index is 1.59. The maximum atomic E-state index is 13.5. The number of anilines is 1. The van der Waals surface area contributed by atoms with Crippen LogP contribution in [0.2, 0.25) is 0 Å². The van der Waals surface area contributed by atoms with Crippen LogP contribution >= 0.6 is 0 Å². The van der Waals surface area contributed by atoms with Crippen LogP contribution in [0.4, 0.5) is 5.69 Å². The van der Waals surface area contributed by atoms with Crippen LogP contribution in [0.1, 0.15) is 32.3 Å². The first-order chi connectivity index (χ1) is 13.4. The molecule has 0 aromatic heterocycles. The summed E-state index contributed by atoms with van der Waals surface area (Å²) in [6.07, 6.45) is 1.70. The van der Waals surface area contributed by atoms with Crippen molar-refractivity contribution in [3.8, 4) is 0 Å². The average molecular weight is 383 g/mol. The SMILES string of the molecule is CC(C)[C@@H]1N[C@@]2(C(=O)Nc3ccccc32)[C@H]2C(=O)N(C[C@H]3CCCO3)C(=O)[C@@H]12. The molecular weight excluding hydrogens is 358 g/mol. The second-order valence-electron chi connectivity index (χ2n) is 8.65. The second-order valence-corrected chi connectivity index (χ2v) is 8.65. The zero-order valence-corrected chi connectivity index (χ0v) is 16.1. The third-order valence-electron chi connectivity index (χ3n) is 6.78. The number of nitrogens with one attached hydrogen (secondary N) is 2. The molecule has 4 aliphatic rings. The Kier molecular flexibility index (Phi) is 3.90. The van der Waals surface area contributed by atoms with E-state index in [9.17, 15) is 14.4 Å². The smallest absolute Gasteiger partial charge is 0.250 e. The normalized spacial score (nSPS) is 36.5. The molecule has 3 saturated heterocycles. The van der Waals surface area contributed by atoms with Gasteiger partial charge < -0.3 is 10.1 Å². The Labute approximate surface area is 163 Å². The number of nitrogens with zero attached hydrogens (tertiary/aromatic N) is 1. The first-order valence-corrected chi connectivity index (χ1v) is 10.1. The molecule has 2 N–H and O–H groups in total. The quantitative estimate of drug-likeness (QED) is 0.767. The lowest BCUT2D eigenvalue weighted by molar-refractivity contribution is -0.144. The van der Waals surface area contributed by atoms with Crippen molar-refractivity contribution < 1.29 is 19.1 Å². The van der Waals surface area contributed by atoms with Gasteiger partial charge in [-0.25, -0.2) is 0 Å². The van der Waals surface area contributed by atoms with E-state index in [0.717, 1.165) is 18.4 Å². The first kappa shape index (κ1) is 17.8. The van der Waals surface area contributed by atoms with Gasteiger partial charge in [0.25, 0.3) is 0 Å². The number of para-hydroxylation sites is 1. The van der Waals surface area contributed by atoms with Crippen LogP contribution in [0, 0.1) is 17.8 Å². The molecule has 28 heavy (non-hydrogen) atoms. The van der Waals surface area contributed by atoms with Crippen molar-refractivity contribution in [2.24, 2.45) is 17.8 Å². The minimum absolute atomic E-state index is 0.0992. The molecule has 7 nitrogen and oxygen atoms in total. The fourth-order valence-corrected chi connectivity index (χ4v) is 5.50. The Morgan fingerprint density at radius 2 is 2.00 bits per heavy atom. The molecule has 7 heteroatoms. The minimum atomic E-state index is -1.19. The molecule has 0 bridgehead atoms. The number of fused-ring (bicyclic) bond motifs is 4. The Hall–Kier alpha value is -2.25. The van der Waals surface area contributed by atoms with Gasteiger partial charge in [0.2, 0.25) is 17.7 Å². The van der Waals surface area contributed by atoms with E-state index in [1.54, 1.807) is 0 Å². The highest BCUT2D eigenvalue weighted by Crippen LogP contribution is 2.53. The maximum Gasteiger partial charge on any atom is 0.250 e. The monoisotopic (exact) mass is 383 g/mol. The van der Waals surface area contributed by atoms with E-state index in [2.05, 4.69) is 10.6 Å². The highest BCUT2D eigenvalue weighted by Gasteiger charge is 2.70. The van der Waals surface area contributed by atoms with Crippen LogP contribution in [0.25, 0.3) is 0 Å².